The second-order valence-electron chi connectivity index (χ2n) is 13.5. The number of rotatable bonds is 15. The zero-order valence-electron chi connectivity index (χ0n) is 31.1. The largest absolute Gasteiger partial charge is 0.482 e. The van der Waals surface area contributed by atoms with Gasteiger partial charge in [-0.2, -0.15) is 41.3 Å². The van der Waals surface area contributed by atoms with Gasteiger partial charge in [0.15, 0.2) is 12.4 Å². The van der Waals surface area contributed by atoms with E-state index < -0.39 is 47.7 Å². The van der Waals surface area contributed by atoms with Crippen molar-refractivity contribution in [3.8, 4) is 5.75 Å². The molecule has 0 atom stereocenters. The summed E-state index contributed by atoms with van der Waals surface area (Å²) in [5, 5.41) is 21.8. The number of anilines is 1. The van der Waals surface area contributed by atoms with E-state index in [1.165, 1.54) is 59.9 Å². The lowest BCUT2D eigenvalue weighted by atomic mass is 9.90. The molecular weight excluding hydrogens is 760 g/mol. The van der Waals surface area contributed by atoms with Crippen molar-refractivity contribution < 1.29 is 50.6 Å². The lowest BCUT2D eigenvalue weighted by molar-refractivity contribution is -0.153. The normalized spacial score (nSPS) is 14.9. The van der Waals surface area contributed by atoms with Gasteiger partial charge >= 0.3 is 12.4 Å². The summed E-state index contributed by atoms with van der Waals surface area (Å²) in [6.45, 7) is 1.74. The number of halogens is 6. The minimum atomic E-state index is -4.73. The number of Topliss-reactive ketones (excluding diaryl/α,β-unsaturated/α-hetero) is 1. The lowest BCUT2D eigenvalue weighted by Gasteiger charge is -2.39. The van der Waals surface area contributed by atoms with Gasteiger partial charge in [-0.15, -0.1) is 0 Å². The molecule has 5 rings (SSSR count). The molecule has 1 saturated heterocycles. The smallest absolute Gasteiger partial charge is 0.422 e. The summed E-state index contributed by atoms with van der Waals surface area (Å²) in [6, 6.07) is 11.1. The van der Waals surface area contributed by atoms with Gasteiger partial charge in [0.05, 0.1) is 29.2 Å². The first kappa shape index (κ1) is 42.5. The van der Waals surface area contributed by atoms with Crippen LogP contribution in [-0.2, 0) is 24.1 Å². The molecule has 0 saturated carbocycles. The summed E-state index contributed by atoms with van der Waals surface area (Å²) in [7, 11) is 0. The standard InChI is InChI=1S/C39H41F6N7O5/c1-3-4-6-30(23-50-19-14-37(56,15-20-50)36(55)47-22-27-8-11-29(12-9-27)39(43,44)45)52(35(54)31-7-5-16-46-26(31)2)32-21-28(33(53)24-51-48-17-18-49-51)10-13-34(32)57-25-38(40,41)42/h5-13,16-18,21,56H,3-4,14-15,19-20,22-25H2,1-2H3,(H,47,55)/b30-6+. The number of benzene rings is 2. The summed E-state index contributed by atoms with van der Waals surface area (Å²) >= 11 is 0. The molecule has 3 heterocycles. The number of hydrogen-bond donors (Lipinski definition) is 2. The summed E-state index contributed by atoms with van der Waals surface area (Å²) in [4.78, 5) is 49.7. The fourth-order valence-corrected chi connectivity index (χ4v) is 6.15. The molecular formula is C39H41F6N7O5. The lowest BCUT2D eigenvalue weighted by Crippen LogP contribution is -2.54. The maximum atomic E-state index is 14.6. The molecule has 12 nitrogen and oxygen atoms in total. The van der Waals surface area contributed by atoms with Crippen LogP contribution in [0.25, 0.3) is 0 Å². The number of aromatic nitrogens is 4. The van der Waals surface area contributed by atoms with Crippen molar-refractivity contribution in [3.05, 3.63) is 113 Å². The maximum Gasteiger partial charge on any atom is 0.422 e. The number of aryl methyl sites for hydroxylation is 1. The number of ketones is 1. The molecule has 1 aliphatic heterocycles. The summed E-state index contributed by atoms with van der Waals surface area (Å²) in [5.74, 6) is -2.18. The second-order valence-corrected chi connectivity index (χ2v) is 13.5. The highest BCUT2D eigenvalue weighted by Crippen LogP contribution is 2.36. The van der Waals surface area contributed by atoms with E-state index in [0.29, 0.717) is 29.8 Å². The topological polar surface area (TPSA) is 143 Å². The van der Waals surface area contributed by atoms with E-state index in [4.69, 9.17) is 4.74 Å². The summed E-state index contributed by atoms with van der Waals surface area (Å²) in [5.41, 5.74) is -1.53. The zero-order chi connectivity index (χ0) is 41.4. The van der Waals surface area contributed by atoms with Crippen LogP contribution in [0, 0.1) is 6.92 Å². The maximum absolute atomic E-state index is 14.6. The minimum Gasteiger partial charge on any atom is -0.482 e. The number of alkyl halides is 6. The van der Waals surface area contributed by atoms with Gasteiger partial charge in [-0.1, -0.05) is 31.6 Å². The Balaban J connectivity index is 1.44. The van der Waals surface area contributed by atoms with Gasteiger partial charge < -0.3 is 15.2 Å². The third-order valence-electron chi connectivity index (χ3n) is 9.29. The van der Waals surface area contributed by atoms with Crippen LogP contribution in [0.2, 0.25) is 0 Å². The van der Waals surface area contributed by atoms with Crippen LogP contribution in [0.15, 0.2) is 85.0 Å². The van der Waals surface area contributed by atoms with Gasteiger partial charge in [0.1, 0.15) is 17.9 Å². The van der Waals surface area contributed by atoms with Gasteiger partial charge in [-0.25, -0.2) is 0 Å². The Morgan fingerprint density at radius 2 is 1.65 bits per heavy atom. The van der Waals surface area contributed by atoms with E-state index in [-0.39, 0.29) is 68.1 Å². The van der Waals surface area contributed by atoms with Crippen LogP contribution in [0.1, 0.15) is 70.1 Å². The van der Waals surface area contributed by atoms with Crippen LogP contribution in [0.3, 0.4) is 0 Å². The summed E-state index contributed by atoms with van der Waals surface area (Å²) < 4.78 is 84.7. The van der Waals surface area contributed by atoms with E-state index in [1.54, 1.807) is 19.1 Å². The monoisotopic (exact) mass is 801 g/mol. The number of unbranched alkanes of at least 4 members (excludes halogenated alkanes) is 1. The number of likely N-dealkylation sites (tertiary alicyclic amines) is 1. The molecule has 2 N–H and O–H groups in total. The number of carbonyl (C=O) groups excluding carboxylic acids is 3. The third kappa shape index (κ3) is 11.3. The molecule has 4 aromatic rings. The number of hydrogen-bond acceptors (Lipinski definition) is 9. The van der Waals surface area contributed by atoms with Crippen molar-refractivity contribution in [2.45, 2.75) is 70.6 Å². The Morgan fingerprint density at radius 3 is 2.26 bits per heavy atom. The molecule has 2 aromatic heterocycles. The van der Waals surface area contributed by atoms with Gasteiger partial charge in [-0.05, 0) is 74.2 Å². The highest BCUT2D eigenvalue weighted by Gasteiger charge is 2.40. The molecule has 18 heteroatoms. The van der Waals surface area contributed by atoms with Crippen molar-refractivity contribution in [1.29, 1.82) is 0 Å². The molecule has 0 radical (unpaired) electrons. The number of nitrogens with one attached hydrogen (secondary N) is 1. The summed E-state index contributed by atoms with van der Waals surface area (Å²) in [6.07, 6.45) is -2.26. The molecule has 0 unspecified atom stereocenters. The average Bonchev–Trinajstić information content (AvgIpc) is 3.69. The van der Waals surface area contributed by atoms with Gasteiger partial charge in [-0.3, -0.25) is 29.2 Å². The Kier molecular flexibility index (Phi) is 13.5. The van der Waals surface area contributed by atoms with Gasteiger partial charge in [0, 0.05) is 49.3 Å². The number of amides is 2. The SMILES string of the molecule is CCC/C=C(\CN1CCC(O)(C(=O)NCc2ccc(C(F)(F)F)cc2)CC1)N(C(=O)c1cccnc1C)c1cc(C(=O)Cn2nccn2)ccc1OCC(F)(F)F. The van der Waals surface area contributed by atoms with Crippen LogP contribution >= 0.6 is 0 Å². The average molecular weight is 802 g/mol. The van der Waals surface area contributed by atoms with Crippen LogP contribution in [0.4, 0.5) is 32.0 Å². The number of aliphatic hydroxyl groups is 1. The Bertz CT molecular complexity index is 2050. The highest BCUT2D eigenvalue weighted by molar-refractivity contribution is 6.10. The Morgan fingerprint density at radius 1 is 0.965 bits per heavy atom. The number of carbonyl (C=O) groups is 3. The predicted molar refractivity (Wildman–Crippen MR) is 195 cm³/mol. The fraction of sp³-hybridized carbons (Fsp3) is 0.385. The predicted octanol–water partition coefficient (Wildman–Crippen LogP) is 6.30. The van der Waals surface area contributed by atoms with E-state index in [0.717, 1.165) is 16.9 Å². The van der Waals surface area contributed by atoms with Gasteiger partial charge in [0.2, 0.25) is 0 Å². The first-order valence-corrected chi connectivity index (χ1v) is 18.0. The van der Waals surface area contributed by atoms with Gasteiger partial charge in [0.25, 0.3) is 11.8 Å². The van der Waals surface area contributed by atoms with Crippen molar-refractivity contribution in [2.24, 2.45) is 0 Å². The number of nitrogens with zero attached hydrogens (tertiary/aromatic N) is 6. The van der Waals surface area contributed by atoms with Crippen LogP contribution in [0.5, 0.6) is 5.75 Å². The fourth-order valence-electron chi connectivity index (χ4n) is 6.15. The Hall–Kier alpha value is -5.62. The van der Waals surface area contributed by atoms with E-state index in [2.05, 4.69) is 20.5 Å². The van der Waals surface area contributed by atoms with Crippen LogP contribution < -0.4 is 15.0 Å². The van der Waals surface area contributed by atoms with Crippen LogP contribution in [-0.4, -0.2) is 85.6 Å². The molecule has 304 valence electrons. The van der Waals surface area contributed by atoms with Crippen molar-refractivity contribution >= 4 is 23.3 Å². The number of piperidine rings is 1. The zero-order valence-corrected chi connectivity index (χ0v) is 31.1. The molecule has 2 amide bonds. The minimum absolute atomic E-state index is 0.0302. The third-order valence-corrected chi connectivity index (χ3v) is 9.29. The first-order chi connectivity index (χ1) is 27.0. The second kappa shape index (κ2) is 18.1. The Labute approximate surface area is 324 Å². The number of ether oxygens (including phenoxy) is 1. The van der Waals surface area contributed by atoms with E-state index in [1.807, 2.05) is 11.8 Å². The van der Waals surface area contributed by atoms with Crippen molar-refractivity contribution in [3.63, 3.8) is 0 Å². The molecule has 0 aliphatic carbocycles. The first-order valence-electron chi connectivity index (χ1n) is 18.0. The molecule has 57 heavy (non-hydrogen) atoms. The molecule has 1 fully saturated rings. The molecule has 0 bridgehead atoms. The highest BCUT2D eigenvalue weighted by atomic mass is 19.4. The molecule has 2 aromatic carbocycles. The van der Waals surface area contributed by atoms with E-state index >= 15 is 0 Å². The molecule has 1 aliphatic rings. The van der Waals surface area contributed by atoms with Crippen molar-refractivity contribution in [1.82, 2.24) is 30.2 Å². The number of pyridine rings is 1. The quantitative estimate of drug-likeness (QED) is 0.105. The molecule has 0 spiro atoms. The number of allylic oxidation sites excluding steroid dienone is 1. The van der Waals surface area contributed by atoms with E-state index in [9.17, 15) is 45.8 Å². The van der Waals surface area contributed by atoms with Crippen molar-refractivity contribution in [2.75, 3.05) is 31.1 Å².